The molecule has 1 aromatic carbocycles. The van der Waals surface area contributed by atoms with Gasteiger partial charge in [0.1, 0.15) is 0 Å². The van der Waals surface area contributed by atoms with E-state index in [1.165, 1.54) is 43.4 Å². The molecule has 0 aliphatic heterocycles. The van der Waals surface area contributed by atoms with E-state index >= 15 is 0 Å². The van der Waals surface area contributed by atoms with E-state index in [9.17, 15) is 0 Å². The number of fused-ring (bicyclic) bond motifs is 1. The highest BCUT2D eigenvalue weighted by atomic mass is 14.9. The lowest BCUT2D eigenvalue weighted by atomic mass is 10.0. The lowest BCUT2D eigenvalue weighted by Crippen LogP contribution is -1.97. The molecule has 0 atom stereocenters. The van der Waals surface area contributed by atoms with E-state index in [1.54, 1.807) is 5.56 Å². The number of hydrogen-bond donors (Lipinski definition) is 1. The summed E-state index contributed by atoms with van der Waals surface area (Å²) in [7, 11) is 0. The van der Waals surface area contributed by atoms with Crippen LogP contribution in [0.3, 0.4) is 0 Å². The summed E-state index contributed by atoms with van der Waals surface area (Å²) in [5.41, 5.74) is 5.25. The lowest BCUT2D eigenvalue weighted by Gasteiger charge is -2.10. The lowest BCUT2D eigenvalue weighted by molar-refractivity contribution is 0.711. The van der Waals surface area contributed by atoms with E-state index in [4.69, 9.17) is 0 Å². The Kier molecular flexibility index (Phi) is 3.10. The van der Waals surface area contributed by atoms with Crippen molar-refractivity contribution in [3.8, 4) is 0 Å². The minimum Gasteiger partial charge on any atom is -0.360 e. The van der Waals surface area contributed by atoms with Crippen molar-refractivity contribution in [2.75, 3.05) is 5.32 Å². The maximum atomic E-state index is 3.87. The molecule has 0 amide bonds. The normalized spacial score (nSPS) is 15.3. The summed E-state index contributed by atoms with van der Waals surface area (Å²) >= 11 is 0. The van der Waals surface area contributed by atoms with Gasteiger partial charge in [-0.2, -0.15) is 0 Å². The molecule has 0 radical (unpaired) electrons. The van der Waals surface area contributed by atoms with E-state index in [0.29, 0.717) is 0 Å². The molecule has 0 heterocycles. The number of rotatable bonds is 2. The maximum Gasteiger partial charge on any atom is 0.0384 e. The first-order valence-corrected chi connectivity index (χ1v) is 5.80. The number of anilines is 1. The Morgan fingerprint density at radius 1 is 1.13 bits per heavy atom. The largest absolute Gasteiger partial charge is 0.360 e. The molecule has 0 fully saturated rings. The van der Waals surface area contributed by atoms with Crippen molar-refractivity contribution < 1.29 is 0 Å². The van der Waals surface area contributed by atoms with Crippen LogP contribution in [0.25, 0.3) is 0 Å². The number of nitrogens with one attached hydrogen (secondary N) is 1. The summed E-state index contributed by atoms with van der Waals surface area (Å²) in [5.74, 6) is 0. The fourth-order valence-electron chi connectivity index (χ4n) is 2.23. The van der Waals surface area contributed by atoms with Crippen molar-refractivity contribution in [1.82, 2.24) is 0 Å². The van der Waals surface area contributed by atoms with Gasteiger partial charge in [0, 0.05) is 11.4 Å². The second-order valence-electron chi connectivity index (χ2n) is 4.45. The molecule has 0 aromatic heterocycles. The van der Waals surface area contributed by atoms with Gasteiger partial charge in [-0.15, -0.1) is 0 Å². The highest BCUT2D eigenvalue weighted by Crippen LogP contribution is 2.24. The van der Waals surface area contributed by atoms with Crippen LogP contribution < -0.4 is 5.32 Å². The molecular weight excluding hydrogens is 182 g/mol. The van der Waals surface area contributed by atoms with Crippen LogP contribution in [0.5, 0.6) is 0 Å². The van der Waals surface area contributed by atoms with Gasteiger partial charge in [-0.25, -0.2) is 0 Å². The van der Waals surface area contributed by atoms with Crippen LogP contribution in [-0.4, -0.2) is 0 Å². The highest BCUT2D eigenvalue weighted by molar-refractivity contribution is 5.52. The zero-order valence-corrected chi connectivity index (χ0v) is 9.47. The predicted molar refractivity (Wildman–Crippen MR) is 66.1 cm³/mol. The molecule has 1 nitrogen and oxygen atoms in total. The van der Waals surface area contributed by atoms with Crippen molar-refractivity contribution in [2.45, 2.75) is 39.0 Å². The number of allylic oxidation sites excluding steroid dienone is 1. The Morgan fingerprint density at radius 3 is 2.60 bits per heavy atom. The average molecular weight is 201 g/mol. The summed E-state index contributed by atoms with van der Waals surface area (Å²) in [5, 5.41) is 3.28. The predicted octanol–water partition coefficient (Wildman–Crippen LogP) is 3.90. The molecule has 1 N–H and O–H groups in total. The molecular formula is C14H19N. The standard InChI is InChI=1S/C14H19N/c1-11(2)15-14-9-8-12-6-4-3-5-7-13(12)10-14/h8-10,15H,1,3-7H2,2H3. The van der Waals surface area contributed by atoms with Crippen molar-refractivity contribution in [3.05, 3.63) is 41.6 Å². The van der Waals surface area contributed by atoms with E-state index in [0.717, 1.165) is 5.70 Å². The third kappa shape index (κ3) is 2.62. The van der Waals surface area contributed by atoms with E-state index in [-0.39, 0.29) is 0 Å². The summed E-state index contributed by atoms with van der Waals surface area (Å²) < 4.78 is 0. The second kappa shape index (κ2) is 4.52. The summed E-state index contributed by atoms with van der Waals surface area (Å²) in [6, 6.07) is 6.72. The van der Waals surface area contributed by atoms with Crippen LogP contribution in [-0.2, 0) is 12.8 Å². The first-order valence-electron chi connectivity index (χ1n) is 5.80. The van der Waals surface area contributed by atoms with Gasteiger partial charge in [-0.05, 0) is 55.9 Å². The molecule has 0 saturated heterocycles. The van der Waals surface area contributed by atoms with Crippen LogP contribution in [0, 0.1) is 0 Å². The molecule has 1 heteroatoms. The zero-order valence-electron chi connectivity index (χ0n) is 9.47. The molecule has 1 aliphatic carbocycles. The topological polar surface area (TPSA) is 12.0 Å². The van der Waals surface area contributed by atoms with Crippen molar-refractivity contribution in [1.29, 1.82) is 0 Å². The van der Waals surface area contributed by atoms with Gasteiger partial charge in [-0.1, -0.05) is 19.1 Å². The third-order valence-electron chi connectivity index (χ3n) is 2.96. The molecule has 15 heavy (non-hydrogen) atoms. The Labute approximate surface area is 92.2 Å². The monoisotopic (exact) mass is 201 g/mol. The molecule has 0 spiro atoms. The van der Waals surface area contributed by atoms with Gasteiger partial charge >= 0.3 is 0 Å². The second-order valence-corrected chi connectivity index (χ2v) is 4.45. The van der Waals surface area contributed by atoms with Crippen LogP contribution in [0.4, 0.5) is 5.69 Å². The first-order chi connectivity index (χ1) is 7.25. The van der Waals surface area contributed by atoms with E-state index in [1.807, 2.05) is 6.92 Å². The van der Waals surface area contributed by atoms with Gasteiger partial charge < -0.3 is 5.32 Å². The smallest absolute Gasteiger partial charge is 0.0384 e. The molecule has 1 aromatic rings. The van der Waals surface area contributed by atoms with Crippen LogP contribution in [0.1, 0.15) is 37.3 Å². The SMILES string of the molecule is C=C(C)Nc1ccc2c(c1)CCCCC2. The molecule has 0 bridgehead atoms. The third-order valence-corrected chi connectivity index (χ3v) is 2.96. The van der Waals surface area contributed by atoms with E-state index < -0.39 is 0 Å². The van der Waals surface area contributed by atoms with Crippen molar-refractivity contribution >= 4 is 5.69 Å². The molecule has 0 unspecified atom stereocenters. The van der Waals surface area contributed by atoms with Gasteiger partial charge in [0.15, 0.2) is 0 Å². The Bertz CT molecular complexity index is 366. The minimum absolute atomic E-state index is 1.00. The number of hydrogen-bond acceptors (Lipinski definition) is 1. The van der Waals surface area contributed by atoms with Crippen molar-refractivity contribution in [2.24, 2.45) is 0 Å². The van der Waals surface area contributed by atoms with Gasteiger partial charge in [0.25, 0.3) is 0 Å². The van der Waals surface area contributed by atoms with Crippen LogP contribution in [0.2, 0.25) is 0 Å². The minimum atomic E-state index is 1.00. The zero-order chi connectivity index (χ0) is 10.7. The van der Waals surface area contributed by atoms with Gasteiger partial charge in [0.05, 0.1) is 0 Å². The summed E-state index contributed by atoms with van der Waals surface area (Å²) in [6.07, 6.45) is 6.55. The van der Waals surface area contributed by atoms with Gasteiger partial charge in [0.2, 0.25) is 0 Å². The average Bonchev–Trinajstić information content (AvgIpc) is 2.41. The Morgan fingerprint density at radius 2 is 1.87 bits per heavy atom. The Hall–Kier alpha value is -1.24. The highest BCUT2D eigenvalue weighted by Gasteiger charge is 2.07. The number of aryl methyl sites for hydroxylation is 2. The number of benzene rings is 1. The summed E-state index contributed by atoms with van der Waals surface area (Å²) in [4.78, 5) is 0. The van der Waals surface area contributed by atoms with Crippen molar-refractivity contribution in [3.63, 3.8) is 0 Å². The molecule has 1 aliphatic rings. The van der Waals surface area contributed by atoms with E-state index in [2.05, 4.69) is 30.1 Å². The van der Waals surface area contributed by atoms with Gasteiger partial charge in [-0.3, -0.25) is 0 Å². The summed E-state index contributed by atoms with van der Waals surface area (Å²) in [6.45, 7) is 5.86. The maximum absolute atomic E-state index is 3.87. The van der Waals surface area contributed by atoms with Crippen LogP contribution in [0.15, 0.2) is 30.5 Å². The molecule has 80 valence electrons. The fourth-order valence-corrected chi connectivity index (χ4v) is 2.23. The first kappa shape index (κ1) is 10.3. The quantitative estimate of drug-likeness (QED) is 0.715. The molecule has 0 saturated carbocycles. The fraction of sp³-hybridized carbons (Fsp3) is 0.429. The molecule has 2 rings (SSSR count). The Balaban J connectivity index is 2.23. The van der Waals surface area contributed by atoms with Crippen LogP contribution >= 0.6 is 0 Å².